The Kier molecular flexibility index (Phi) is 2.95. The predicted molar refractivity (Wildman–Crippen MR) is 50.8 cm³/mol. The van der Waals surface area contributed by atoms with Crippen molar-refractivity contribution in [1.82, 2.24) is 0 Å². The smallest absolute Gasteiger partial charge is 0.379 e. The molecular weight excluding hydrogens is 281 g/mol. The fourth-order valence-electron chi connectivity index (χ4n) is 0.622. The molecule has 1 aromatic rings. The molecule has 0 fully saturated rings. The summed E-state index contributed by atoms with van der Waals surface area (Å²) in [6, 6.07) is 8.57. The Morgan fingerprint density at radius 2 is 1.91 bits per heavy atom. The van der Waals surface area contributed by atoms with Crippen LogP contribution in [0.4, 0.5) is 4.39 Å². The lowest BCUT2D eigenvalue weighted by Gasteiger charge is -2.11. The Hall–Kier alpha value is -0.0300. The van der Waals surface area contributed by atoms with Crippen LogP contribution in [0.5, 0.6) is 5.75 Å². The van der Waals surface area contributed by atoms with Crippen molar-refractivity contribution in [2.45, 2.75) is 3.32 Å². The number of benzene rings is 1. The first-order valence-electron chi connectivity index (χ1n) is 2.89. The van der Waals surface area contributed by atoms with Gasteiger partial charge in [0.2, 0.25) is 0 Å². The fraction of sp³-hybridized carbons (Fsp3) is 0.143. The van der Waals surface area contributed by atoms with Gasteiger partial charge in [-0.15, -0.1) is 0 Å². The van der Waals surface area contributed by atoms with Gasteiger partial charge in [-0.3, -0.25) is 0 Å². The highest BCUT2D eigenvalue weighted by molar-refractivity contribution is 14.1. The van der Waals surface area contributed by atoms with Crippen LogP contribution in [-0.4, -0.2) is 3.32 Å². The molecule has 1 atom stereocenters. The van der Waals surface area contributed by atoms with E-state index in [0.717, 1.165) is 0 Å². The van der Waals surface area contributed by atoms with E-state index in [-0.39, 0.29) is 0 Å². The maximum Gasteiger partial charge on any atom is 0.379 e. The van der Waals surface area contributed by atoms with Gasteiger partial charge in [-0.25, -0.2) is 0 Å². The lowest BCUT2D eigenvalue weighted by Crippen LogP contribution is -2.12. The normalized spacial score (nSPS) is 15.5. The van der Waals surface area contributed by atoms with Gasteiger partial charge in [0.25, 0.3) is 0 Å². The lowest BCUT2D eigenvalue weighted by atomic mass is 10.3. The van der Waals surface area contributed by atoms with E-state index >= 15 is 0 Å². The minimum Gasteiger partial charge on any atom is -0.438 e. The van der Waals surface area contributed by atoms with Crippen LogP contribution in [0, 0.1) is 0 Å². The zero-order chi connectivity index (χ0) is 8.32. The van der Waals surface area contributed by atoms with Crippen LogP contribution < -0.4 is 4.74 Å². The summed E-state index contributed by atoms with van der Waals surface area (Å²) < 4.78 is 15.1. The molecule has 0 spiro atoms. The van der Waals surface area contributed by atoms with Crippen molar-refractivity contribution in [3.05, 3.63) is 30.3 Å². The minimum atomic E-state index is -2.15. The van der Waals surface area contributed by atoms with Crippen LogP contribution in [0.25, 0.3) is 0 Å². The van der Waals surface area contributed by atoms with Gasteiger partial charge >= 0.3 is 3.32 Å². The number of hydrogen-bond donors (Lipinski definition) is 0. The van der Waals surface area contributed by atoms with Crippen molar-refractivity contribution < 1.29 is 9.13 Å². The van der Waals surface area contributed by atoms with Crippen molar-refractivity contribution in [2.24, 2.45) is 0 Å². The van der Waals surface area contributed by atoms with Crippen molar-refractivity contribution in [2.75, 3.05) is 0 Å². The standard InChI is InChI=1S/C7H5ClFIO/c8-7(9,10)11-6-4-2-1-3-5-6/h1-5H. The average molecular weight is 286 g/mol. The summed E-state index contributed by atoms with van der Waals surface area (Å²) >= 11 is 6.52. The van der Waals surface area contributed by atoms with Crippen molar-refractivity contribution in [3.8, 4) is 5.75 Å². The molecule has 0 aliphatic carbocycles. The Morgan fingerprint density at radius 1 is 1.36 bits per heavy atom. The molecular formula is C7H5ClFIO. The van der Waals surface area contributed by atoms with Gasteiger partial charge in [0.1, 0.15) is 5.75 Å². The molecule has 0 bridgehead atoms. The van der Waals surface area contributed by atoms with Crippen LogP contribution in [-0.2, 0) is 0 Å². The number of alkyl halides is 3. The zero-order valence-corrected chi connectivity index (χ0v) is 8.34. The second kappa shape index (κ2) is 3.58. The molecule has 0 amide bonds. The van der Waals surface area contributed by atoms with Crippen LogP contribution in [0.3, 0.4) is 0 Å². The number of rotatable bonds is 2. The summed E-state index contributed by atoms with van der Waals surface area (Å²) in [6.45, 7) is 0. The molecule has 0 aliphatic heterocycles. The van der Waals surface area contributed by atoms with Gasteiger partial charge in [-0.1, -0.05) is 18.2 Å². The summed E-state index contributed by atoms with van der Waals surface area (Å²) in [6.07, 6.45) is 0. The second-order valence-corrected chi connectivity index (χ2v) is 4.37. The molecule has 1 nitrogen and oxygen atoms in total. The SMILES string of the molecule is FC(Cl)(I)Oc1ccccc1. The summed E-state index contributed by atoms with van der Waals surface area (Å²) in [5.41, 5.74) is 0. The first-order valence-corrected chi connectivity index (χ1v) is 4.34. The molecule has 0 radical (unpaired) electrons. The Balaban J connectivity index is 2.66. The third kappa shape index (κ3) is 3.76. The van der Waals surface area contributed by atoms with E-state index in [1.165, 1.54) is 22.6 Å². The van der Waals surface area contributed by atoms with E-state index < -0.39 is 3.32 Å². The molecule has 1 unspecified atom stereocenters. The molecule has 60 valence electrons. The molecule has 0 heterocycles. The van der Waals surface area contributed by atoms with Crippen molar-refractivity contribution >= 4 is 34.2 Å². The van der Waals surface area contributed by atoms with Gasteiger partial charge in [0.15, 0.2) is 0 Å². The van der Waals surface area contributed by atoms with Crippen LogP contribution in [0.2, 0.25) is 0 Å². The zero-order valence-electron chi connectivity index (χ0n) is 5.43. The van der Waals surface area contributed by atoms with E-state index in [4.69, 9.17) is 11.6 Å². The van der Waals surface area contributed by atoms with Gasteiger partial charge in [-0.2, -0.15) is 4.39 Å². The molecule has 1 rings (SSSR count). The topological polar surface area (TPSA) is 9.23 Å². The molecule has 0 aliphatic rings. The summed E-state index contributed by atoms with van der Waals surface area (Å²) in [5, 5.41) is 0. The van der Waals surface area contributed by atoms with Gasteiger partial charge in [0.05, 0.1) is 0 Å². The van der Waals surface area contributed by atoms with Crippen LogP contribution in [0.1, 0.15) is 0 Å². The highest BCUT2D eigenvalue weighted by Crippen LogP contribution is 2.29. The predicted octanol–water partition coefficient (Wildman–Crippen LogP) is 3.32. The second-order valence-electron chi connectivity index (χ2n) is 1.86. The third-order valence-electron chi connectivity index (χ3n) is 0.977. The van der Waals surface area contributed by atoms with Gasteiger partial charge < -0.3 is 4.74 Å². The van der Waals surface area contributed by atoms with Crippen molar-refractivity contribution in [1.29, 1.82) is 0 Å². The molecule has 0 N–H and O–H groups in total. The number of para-hydroxylation sites is 1. The molecule has 4 heteroatoms. The minimum absolute atomic E-state index is 0.416. The van der Waals surface area contributed by atoms with Crippen LogP contribution >= 0.6 is 34.2 Å². The molecule has 11 heavy (non-hydrogen) atoms. The molecule has 0 aromatic heterocycles. The maximum atomic E-state index is 12.6. The van der Waals surface area contributed by atoms with Gasteiger partial charge in [-0.05, 0) is 23.7 Å². The van der Waals surface area contributed by atoms with Crippen LogP contribution in [0.15, 0.2) is 30.3 Å². The largest absolute Gasteiger partial charge is 0.438 e. The molecule has 0 saturated carbocycles. The van der Waals surface area contributed by atoms with E-state index in [0.29, 0.717) is 5.75 Å². The van der Waals surface area contributed by atoms with Crippen molar-refractivity contribution in [3.63, 3.8) is 0 Å². The number of ether oxygens (including phenoxy) is 1. The van der Waals surface area contributed by atoms with E-state index in [1.807, 2.05) is 6.07 Å². The van der Waals surface area contributed by atoms with Gasteiger partial charge in [0, 0.05) is 22.6 Å². The average Bonchev–Trinajstić information content (AvgIpc) is 1.85. The van der Waals surface area contributed by atoms with E-state index in [1.54, 1.807) is 24.3 Å². The summed E-state index contributed by atoms with van der Waals surface area (Å²) in [4.78, 5) is 0. The highest BCUT2D eigenvalue weighted by Gasteiger charge is 2.22. The van der Waals surface area contributed by atoms with E-state index in [9.17, 15) is 4.39 Å². The lowest BCUT2D eigenvalue weighted by molar-refractivity contribution is 0.129. The Morgan fingerprint density at radius 3 is 2.36 bits per heavy atom. The maximum absolute atomic E-state index is 12.6. The number of halogens is 3. The highest BCUT2D eigenvalue weighted by atomic mass is 127. The number of hydrogen-bond acceptors (Lipinski definition) is 1. The van der Waals surface area contributed by atoms with E-state index in [2.05, 4.69) is 4.74 Å². The Bertz CT molecular complexity index is 222. The first kappa shape index (κ1) is 9.06. The monoisotopic (exact) mass is 286 g/mol. The molecule has 0 saturated heterocycles. The first-order chi connectivity index (χ1) is 5.08. The summed E-state index contributed by atoms with van der Waals surface area (Å²) in [5.74, 6) is 0.416. The Labute approximate surface area is 82.6 Å². The quantitative estimate of drug-likeness (QED) is 0.598. The molecule has 1 aromatic carbocycles. The third-order valence-corrected chi connectivity index (χ3v) is 1.27. The summed E-state index contributed by atoms with van der Waals surface area (Å²) in [7, 11) is 0. The fourth-order valence-corrected chi connectivity index (χ4v) is 0.966.